The Hall–Kier alpha value is -2.94. The lowest BCUT2D eigenvalue weighted by Gasteiger charge is -2.34. The summed E-state index contributed by atoms with van der Waals surface area (Å²) < 4.78 is 38.5. The molecule has 2 atom stereocenters. The summed E-state index contributed by atoms with van der Waals surface area (Å²) >= 11 is 0. The average Bonchev–Trinajstić information content (AvgIpc) is 2.78. The van der Waals surface area contributed by atoms with Gasteiger partial charge in [-0.25, -0.2) is 8.42 Å². The number of carbonyl (C=O) groups excluding carboxylic acids is 1. The number of rotatable bonds is 5. The molecule has 0 unspecified atom stereocenters. The van der Waals surface area contributed by atoms with Gasteiger partial charge in [-0.05, 0) is 50.2 Å². The van der Waals surface area contributed by atoms with E-state index in [0.29, 0.717) is 24.3 Å². The first-order valence-electron chi connectivity index (χ1n) is 10.4. The Kier molecular flexibility index (Phi) is 6.19. The maximum Gasteiger partial charge on any atom is 0.255 e. The van der Waals surface area contributed by atoms with E-state index in [-0.39, 0.29) is 23.0 Å². The summed E-state index contributed by atoms with van der Waals surface area (Å²) in [5, 5.41) is 4.66. The molecule has 1 aliphatic heterocycles. The molecule has 0 radical (unpaired) electrons. The minimum Gasteiger partial charge on any atom is -0.496 e. The van der Waals surface area contributed by atoms with E-state index in [1.165, 1.54) is 28.6 Å². The van der Waals surface area contributed by atoms with Gasteiger partial charge in [0.1, 0.15) is 5.75 Å². The highest BCUT2D eigenvalue weighted by Gasteiger charge is 2.32. The van der Waals surface area contributed by atoms with E-state index in [1.807, 2.05) is 38.1 Å². The third-order valence-electron chi connectivity index (χ3n) is 5.49. The molecular formula is C24H26N2O5S. The summed E-state index contributed by atoms with van der Waals surface area (Å²) in [4.78, 5) is 13.0. The van der Waals surface area contributed by atoms with Gasteiger partial charge in [-0.1, -0.05) is 24.3 Å². The van der Waals surface area contributed by atoms with Crippen molar-refractivity contribution in [1.82, 2.24) is 4.31 Å². The van der Waals surface area contributed by atoms with Crippen LogP contribution in [0.1, 0.15) is 24.2 Å². The van der Waals surface area contributed by atoms with Crippen molar-refractivity contribution in [3.8, 4) is 5.75 Å². The summed E-state index contributed by atoms with van der Waals surface area (Å²) in [5.41, 5.74) is 1.02. The number of hydrogen-bond donors (Lipinski definition) is 1. The predicted molar refractivity (Wildman–Crippen MR) is 124 cm³/mol. The molecule has 0 bridgehead atoms. The first kappa shape index (κ1) is 22.3. The number of methoxy groups -OCH3 is 1. The van der Waals surface area contributed by atoms with Gasteiger partial charge in [0.15, 0.2) is 0 Å². The Morgan fingerprint density at radius 1 is 0.969 bits per heavy atom. The Bertz CT molecular complexity index is 1230. The van der Waals surface area contributed by atoms with Gasteiger partial charge in [0.25, 0.3) is 5.91 Å². The van der Waals surface area contributed by atoms with Crippen molar-refractivity contribution in [1.29, 1.82) is 0 Å². The summed E-state index contributed by atoms with van der Waals surface area (Å²) in [5.74, 6) is 0.401. The van der Waals surface area contributed by atoms with Crippen molar-refractivity contribution in [3.63, 3.8) is 0 Å². The monoisotopic (exact) mass is 454 g/mol. The number of carbonyl (C=O) groups is 1. The lowest BCUT2D eigenvalue weighted by molar-refractivity contribution is -0.0440. The number of nitrogens with zero attached hydrogens (tertiary/aromatic N) is 1. The molecule has 4 rings (SSSR count). The van der Waals surface area contributed by atoms with E-state index in [0.717, 1.165) is 16.5 Å². The average molecular weight is 455 g/mol. The van der Waals surface area contributed by atoms with Gasteiger partial charge < -0.3 is 14.8 Å². The molecule has 0 spiro atoms. The second kappa shape index (κ2) is 8.90. The predicted octanol–water partition coefficient (Wildman–Crippen LogP) is 3.90. The molecule has 1 saturated heterocycles. The fourth-order valence-corrected chi connectivity index (χ4v) is 5.60. The topological polar surface area (TPSA) is 84.9 Å². The standard InChI is InChI=1S/C24H26N2O5S/c1-16-14-26(15-17(2)31-16)32(28,29)19-10-8-18(9-11-19)24(27)25-22-12-13-23(30-3)21-7-5-4-6-20(21)22/h4-13,16-17H,14-15H2,1-3H3,(H,25,27)/t16-,17+. The molecular weight excluding hydrogens is 428 g/mol. The maximum atomic E-state index is 13.0. The number of fused-ring (bicyclic) bond motifs is 1. The Labute approximate surface area is 188 Å². The molecule has 32 heavy (non-hydrogen) atoms. The van der Waals surface area contributed by atoms with Gasteiger partial charge >= 0.3 is 0 Å². The second-order valence-corrected chi connectivity index (χ2v) is 9.86. The minimum absolute atomic E-state index is 0.158. The van der Waals surface area contributed by atoms with Gasteiger partial charge in [-0.3, -0.25) is 4.79 Å². The molecule has 3 aromatic carbocycles. The third-order valence-corrected chi connectivity index (χ3v) is 7.34. The molecule has 1 amide bonds. The smallest absolute Gasteiger partial charge is 0.255 e. The quantitative estimate of drug-likeness (QED) is 0.632. The fourth-order valence-electron chi connectivity index (χ4n) is 4.01. The molecule has 1 fully saturated rings. The van der Waals surface area contributed by atoms with Gasteiger partial charge in [0, 0.05) is 35.1 Å². The number of anilines is 1. The van der Waals surface area contributed by atoms with Crippen LogP contribution in [0, 0.1) is 0 Å². The molecule has 0 aliphatic carbocycles. The zero-order chi connectivity index (χ0) is 22.9. The first-order chi connectivity index (χ1) is 15.3. The molecule has 1 N–H and O–H groups in total. The largest absolute Gasteiger partial charge is 0.496 e. The van der Waals surface area contributed by atoms with Crippen LogP contribution in [0.3, 0.4) is 0 Å². The SMILES string of the molecule is COc1ccc(NC(=O)c2ccc(S(=O)(=O)N3C[C@@H](C)O[C@@H](C)C3)cc2)c2ccccc12. The van der Waals surface area contributed by atoms with E-state index in [1.54, 1.807) is 19.2 Å². The first-order valence-corrected chi connectivity index (χ1v) is 11.9. The summed E-state index contributed by atoms with van der Waals surface area (Å²) in [6, 6.07) is 17.2. The van der Waals surface area contributed by atoms with Crippen LogP contribution < -0.4 is 10.1 Å². The zero-order valence-corrected chi connectivity index (χ0v) is 19.1. The number of ether oxygens (including phenoxy) is 2. The number of sulfonamides is 1. The maximum absolute atomic E-state index is 13.0. The summed E-state index contributed by atoms with van der Waals surface area (Å²) in [7, 11) is -2.05. The van der Waals surface area contributed by atoms with Crippen molar-refractivity contribution in [2.75, 3.05) is 25.5 Å². The molecule has 1 aliphatic rings. The van der Waals surface area contributed by atoms with Gasteiger partial charge in [-0.2, -0.15) is 4.31 Å². The van der Waals surface area contributed by atoms with E-state index in [4.69, 9.17) is 9.47 Å². The van der Waals surface area contributed by atoms with Crippen molar-refractivity contribution in [3.05, 3.63) is 66.2 Å². The molecule has 1 heterocycles. The van der Waals surface area contributed by atoms with E-state index in [2.05, 4.69) is 5.32 Å². The van der Waals surface area contributed by atoms with Crippen molar-refractivity contribution >= 4 is 32.4 Å². The number of hydrogen-bond acceptors (Lipinski definition) is 5. The van der Waals surface area contributed by atoms with Gasteiger partial charge in [-0.15, -0.1) is 0 Å². The number of benzene rings is 3. The number of morpholine rings is 1. The third kappa shape index (κ3) is 4.34. The lowest BCUT2D eigenvalue weighted by Crippen LogP contribution is -2.48. The Morgan fingerprint density at radius 3 is 2.22 bits per heavy atom. The highest BCUT2D eigenvalue weighted by atomic mass is 32.2. The van der Waals surface area contributed by atoms with E-state index >= 15 is 0 Å². The van der Waals surface area contributed by atoms with Gasteiger partial charge in [0.2, 0.25) is 10.0 Å². The summed E-state index contributed by atoms with van der Waals surface area (Å²) in [6.45, 7) is 4.32. The van der Waals surface area contributed by atoms with Crippen LogP contribution >= 0.6 is 0 Å². The molecule has 0 saturated carbocycles. The highest BCUT2D eigenvalue weighted by Crippen LogP contribution is 2.31. The Balaban J connectivity index is 1.55. The minimum atomic E-state index is -3.66. The van der Waals surface area contributed by atoms with Crippen LogP contribution in [0.5, 0.6) is 5.75 Å². The normalized spacial score (nSPS) is 19.6. The van der Waals surface area contributed by atoms with Crippen molar-refractivity contribution in [2.45, 2.75) is 31.0 Å². The van der Waals surface area contributed by atoms with Crippen LogP contribution in [0.2, 0.25) is 0 Å². The lowest BCUT2D eigenvalue weighted by atomic mass is 10.1. The molecule has 0 aromatic heterocycles. The van der Waals surface area contributed by atoms with Crippen molar-refractivity contribution < 1.29 is 22.7 Å². The van der Waals surface area contributed by atoms with Crippen LogP contribution in [0.4, 0.5) is 5.69 Å². The summed E-state index contributed by atoms with van der Waals surface area (Å²) in [6.07, 6.45) is -0.337. The van der Waals surface area contributed by atoms with Gasteiger partial charge in [0.05, 0.1) is 24.2 Å². The van der Waals surface area contributed by atoms with E-state index in [9.17, 15) is 13.2 Å². The van der Waals surface area contributed by atoms with Crippen molar-refractivity contribution in [2.24, 2.45) is 0 Å². The zero-order valence-electron chi connectivity index (χ0n) is 18.2. The molecule has 3 aromatic rings. The second-order valence-electron chi connectivity index (χ2n) is 7.92. The molecule has 168 valence electrons. The number of amides is 1. The van der Waals surface area contributed by atoms with Crippen LogP contribution in [0.15, 0.2) is 65.6 Å². The van der Waals surface area contributed by atoms with E-state index < -0.39 is 10.0 Å². The fraction of sp³-hybridized carbons (Fsp3) is 0.292. The van der Waals surface area contributed by atoms with Crippen LogP contribution in [-0.2, 0) is 14.8 Å². The van der Waals surface area contributed by atoms with Crippen LogP contribution in [-0.4, -0.2) is 51.0 Å². The Morgan fingerprint density at radius 2 is 1.59 bits per heavy atom. The number of nitrogens with one attached hydrogen (secondary N) is 1. The molecule has 8 heteroatoms. The van der Waals surface area contributed by atoms with Crippen LogP contribution in [0.25, 0.3) is 10.8 Å². The highest BCUT2D eigenvalue weighted by molar-refractivity contribution is 7.89. The molecule has 7 nitrogen and oxygen atoms in total.